The van der Waals surface area contributed by atoms with Crippen LogP contribution in [-0.2, 0) is 11.3 Å². The Bertz CT molecular complexity index is 911. The maximum absolute atomic E-state index is 14.5. The summed E-state index contributed by atoms with van der Waals surface area (Å²) in [5.41, 5.74) is 2.91. The van der Waals surface area contributed by atoms with Crippen molar-refractivity contribution in [2.24, 2.45) is 0 Å². The summed E-state index contributed by atoms with van der Waals surface area (Å²) in [5, 5.41) is 3.50. The van der Waals surface area contributed by atoms with E-state index in [2.05, 4.69) is 5.32 Å². The van der Waals surface area contributed by atoms with Crippen molar-refractivity contribution < 1.29 is 9.18 Å². The third kappa shape index (κ3) is 4.30. The highest BCUT2D eigenvalue weighted by Gasteiger charge is 2.17. The van der Waals surface area contributed by atoms with Crippen molar-refractivity contribution in [1.82, 2.24) is 5.32 Å². The number of benzene rings is 3. The van der Waals surface area contributed by atoms with Gasteiger partial charge in [-0.15, -0.1) is 0 Å². The second-order valence-corrected chi connectivity index (χ2v) is 6.61. The highest BCUT2D eigenvalue weighted by molar-refractivity contribution is 6.30. The molecule has 0 heterocycles. The molecule has 0 aliphatic rings. The first-order valence-corrected chi connectivity index (χ1v) is 8.79. The van der Waals surface area contributed by atoms with E-state index in [1.807, 2.05) is 42.5 Å². The minimum atomic E-state index is -0.450. The van der Waals surface area contributed by atoms with Crippen LogP contribution in [0.4, 0.5) is 4.39 Å². The summed E-state index contributed by atoms with van der Waals surface area (Å²) >= 11 is 5.95. The number of hydrogen-bond acceptors (Lipinski definition) is 1. The number of amides is 1. The van der Waals surface area contributed by atoms with Gasteiger partial charge in [0.05, 0.1) is 5.92 Å². The smallest absolute Gasteiger partial charge is 0.227 e. The lowest BCUT2D eigenvalue weighted by atomic mass is 9.96. The molecule has 0 aliphatic heterocycles. The van der Waals surface area contributed by atoms with Crippen molar-refractivity contribution in [2.45, 2.75) is 19.4 Å². The Morgan fingerprint density at radius 1 is 1.04 bits per heavy atom. The van der Waals surface area contributed by atoms with Crippen LogP contribution in [0.3, 0.4) is 0 Å². The molecule has 0 bridgehead atoms. The molecule has 132 valence electrons. The second kappa shape index (κ2) is 8.15. The predicted molar refractivity (Wildman–Crippen MR) is 104 cm³/mol. The van der Waals surface area contributed by atoms with Crippen LogP contribution in [0.2, 0.25) is 5.02 Å². The van der Waals surface area contributed by atoms with E-state index in [-0.39, 0.29) is 11.7 Å². The molecule has 3 rings (SSSR count). The molecule has 3 aromatic rings. The van der Waals surface area contributed by atoms with Crippen LogP contribution >= 0.6 is 11.6 Å². The lowest BCUT2D eigenvalue weighted by molar-refractivity contribution is -0.122. The molecule has 1 N–H and O–H groups in total. The Kier molecular flexibility index (Phi) is 5.69. The van der Waals surface area contributed by atoms with E-state index in [9.17, 15) is 9.18 Å². The molecule has 0 unspecified atom stereocenters. The maximum atomic E-state index is 14.5. The average Bonchev–Trinajstić information content (AvgIpc) is 2.66. The van der Waals surface area contributed by atoms with Crippen LogP contribution < -0.4 is 5.32 Å². The minimum Gasteiger partial charge on any atom is -0.352 e. The van der Waals surface area contributed by atoms with Crippen molar-refractivity contribution >= 4 is 17.5 Å². The summed E-state index contributed by atoms with van der Waals surface area (Å²) in [6.45, 7) is 2.15. The first-order valence-electron chi connectivity index (χ1n) is 8.41. The van der Waals surface area contributed by atoms with Gasteiger partial charge >= 0.3 is 0 Å². The zero-order valence-corrected chi connectivity index (χ0v) is 15.1. The molecule has 0 aliphatic carbocycles. The Labute approximate surface area is 157 Å². The van der Waals surface area contributed by atoms with Gasteiger partial charge in [0, 0.05) is 17.1 Å². The minimum absolute atomic E-state index is 0.156. The number of hydrogen-bond donors (Lipinski definition) is 1. The quantitative estimate of drug-likeness (QED) is 0.627. The standard InChI is InChI=1S/C22H19ClFNO/c1-15(22(26)25-14-16-6-5-9-19(23)12-16)18-10-11-20(21(24)13-18)17-7-3-2-4-8-17/h2-13,15H,14H2,1H3,(H,25,26)/t15-/m1/s1. The second-order valence-electron chi connectivity index (χ2n) is 6.17. The van der Waals surface area contributed by atoms with Crippen LogP contribution in [0.25, 0.3) is 11.1 Å². The third-order valence-corrected chi connectivity index (χ3v) is 4.56. The van der Waals surface area contributed by atoms with Crippen LogP contribution in [0.15, 0.2) is 72.8 Å². The first kappa shape index (κ1) is 18.2. The predicted octanol–water partition coefficient (Wildman–Crippen LogP) is 5.57. The van der Waals surface area contributed by atoms with Crippen LogP contribution in [0.1, 0.15) is 24.0 Å². The number of nitrogens with one attached hydrogen (secondary N) is 1. The highest BCUT2D eigenvalue weighted by Crippen LogP contribution is 2.26. The molecular weight excluding hydrogens is 349 g/mol. The van der Waals surface area contributed by atoms with Crippen molar-refractivity contribution in [2.75, 3.05) is 0 Å². The summed E-state index contributed by atoms with van der Waals surface area (Å²) in [5.74, 6) is -0.937. The fraction of sp³-hybridized carbons (Fsp3) is 0.136. The molecular formula is C22H19ClFNO. The van der Waals surface area contributed by atoms with Crippen LogP contribution in [-0.4, -0.2) is 5.91 Å². The summed E-state index contributed by atoms with van der Waals surface area (Å²) in [6.07, 6.45) is 0. The Hall–Kier alpha value is -2.65. The number of halogens is 2. The summed E-state index contributed by atoms with van der Waals surface area (Å²) in [4.78, 5) is 12.4. The SMILES string of the molecule is C[C@@H](C(=O)NCc1cccc(Cl)c1)c1ccc(-c2ccccc2)c(F)c1. The molecule has 0 radical (unpaired) electrons. The third-order valence-electron chi connectivity index (χ3n) is 4.33. The number of carbonyl (C=O) groups is 1. The van der Waals surface area contributed by atoms with Gasteiger partial charge < -0.3 is 5.32 Å². The summed E-state index contributed by atoms with van der Waals surface area (Å²) in [6, 6.07) is 21.6. The van der Waals surface area contributed by atoms with E-state index >= 15 is 0 Å². The molecule has 0 aromatic heterocycles. The number of carbonyl (C=O) groups excluding carboxylic acids is 1. The molecule has 0 saturated carbocycles. The maximum Gasteiger partial charge on any atom is 0.227 e. The van der Waals surface area contributed by atoms with Crippen molar-refractivity contribution in [3.05, 3.63) is 94.8 Å². The Balaban J connectivity index is 1.70. The molecule has 0 spiro atoms. The van der Waals surface area contributed by atoms with Gasteiger partial charge in [-0.2, -0.15) is 0 Å². The van der Waals surface area contributed by atoms with Gasteiger partial charge in [0.1, 0.15) is 5.82 Å². The van der Waals surface area contributed by atoms with Crippen molar-refractivity contribution in [3.8, 4) is 11.1 Å². The van der Waals surface area contributed by atoms with Gasteiger partial charge in [-0.05, 0) is 41.8 Å². The van der Waals surface area contributed by atoms with Gasteiger partial charge in [0.15, 0.2) is 0 Å². The molecule has 1 atom stereocenters. The topological polar surface area (TPSA) is 29.1 Å². The molecule has 0 saturated heterocycles. The fourth-order valence-electron chi connectivity index (χ4n) is 2.79. The Morgan fingerprint density at radius 2 is 1.81 bits per heavy atom. The Morgan fingerprint density at radius 3 is 2.50 bits per heavy atom. The van der Waals surface area contributed by atoms with E-state index in [1.54, 1.807) is 31.2 Å². The van der Waals surface area contributed by atoms with Gasteiger partial charge in [-0.3, -0.25) is 4.79 Å². The van der Waals surface area contributed by atoms with E-state index in [1.165, 1.54) is 6.07 Å². The monoisotopic (exact) mass is 367 g/mol. The van der Waals surface area contributed by atoms with Gasteiger partial charge in [-0.1, -0.05) is 66.2 Å². The molecule has 3 aromatic carbocycles. The normalized spacial score (nSPS) is 11.8. The van der Waals surface area contributed by atoms with E-state index in [4.69, 9.17) is 11.6 Å². The van der Waals surface area contributed by atoms with E-state index in [0.717, 1.165) is 11.1 Å². The van der Waals surface area contributed by atoms with E-state index in [0.29, 0.717) is 22.7 Å². The van der Waals surface area contributed by atoms with Gasteiger partial charge in [0.25, 0.3) is 0 Å². The van der Waals surface area contributed by atoms with Crippen LogP contribution in [0, 0.1) is 5.82 Å². The average molecular weight is 368 g/mol. The number of rotatable bonds is 5. The lowest BCUT2D eigenvalue weighted by Crippen LogP contribution is -2.27. The van der Waals surface area contributed by atoms with E-state index < -0.39 is 5.92 Å². The molecule has 1 amide bonds. The zero-order chi connectivity index (χ0) is 18.5. The molecule has 0 fully saturated rings. The fourth-order valence-corrected chi connectivity index (χ4v) is 3.01. The highest BCUT2D eigenvalue weighted by atomic mass is 35.5. The van der Waals surface area contributed by atoms with Crippen molar-refractivity contribution in [1.29, 1.82) is 0 Å². The molecule has 2 nitrogen and oxygen atoms in total. The largest absolute Gasteiger partial charge is 0.352 e. The first-order chi connectivity index (χ1) is 12.5. The summed E-state index contributed by atoms with van der Waals surface area (Å²) in [7, 11) is 0. The van der Waals surface area contributed by atoms with Crippen LogP contribution in [0.5, 0.6) is 0 Å². The van der Waals surface area contributed by atoms with Gasteiger partial charge in [0.2, 0.25) is 5.91 Å². The molecule has 26 heavy (non-hydrogen) atoms. The van der Waals surface area contributed by atoms with Crippen molar-refractivity contribution in [3.63, 3.8) is 0 Å². The van der Waals surface area contributed by atoms with Gasteiger partial charge in [-0.25, -0.2) is 4.39 Å². The lowest BCUT2D eigenvalue weighted by Gasteiger charge is -2.14. The molecule has 4 heteroatoms. The summed E-state index contributed by atoms with van der Waals surface area (Å²) < 4.78 is 14.5. The zero-order valence-electron chi connectivity index (χ0n) is 14.4.